The number of phenolic OH excluding ortho intramolecular Hbond substituents is 2. The molecule has 0 aliphatic rings. The summed E-state index contributed by atoms with van der Waals surface area (Å²) in [5.41, 5.74) is 1.82. The molecule has 3 rings (SSSR count). The van der Waals surface area contributed by atoms with Gasteiger partial charge in [-0.1, -0.05) is 29.8 Å². The molecule has 5 heteroatoms. The SMILES string of the molecule is CC.Oc1ccc2nc(-c3ccc(O)c(F)c3)cc(Br)c2c1. The first kappa shape index (κ1) is 16.2. The van der Waals surface area contributed by atoms with E-state index in [9.17, 15) is 14.6 Å². The molecule has 2 N–H and O–H groups in total. The molecule has 1 aromatic heterocycles. The zero-order valence-corrected chi connectivity index (χ0v) is 13.7. The highest BCUT2D eigenvalue weighted by Crippen LogP contribution is 2.31. The molecule has 3 nitrogen and oxygen atoms in total. The van der Waals surface area contributed by atoms with Gasteiger partial charge in [0.15, 0.2) is 11.6 Å². The first-order valence-electron chi connectivity index (χ1n) is 6.83. The highest BCUT2D eigenvalue weighted by molar-refractivity contribution is 9.10. The number of hydrogen-bond donors (Lipinski definition) is 2. The van der Waals surface area contributed by atoms with Crippen LogP contribution in [-0.2, 0) is 0 Å². The number of phenols is 2. The van der Waals surface area contributed by atoms with Crippen LogP contribution >= 0.6 is 15.9 Å². The molecule has 0 spiro atoms. The fourth-order valence-corrected chi connectivity index (χ4v) is 2.52. The zero-order chi connectivity index (χ0) is 16.3. The van der Waals surface area contributed by atoms with Crippen LogP contribution in [0.25, 0.3) is 22.2 Å². The molecule has 0 aliphatic carbocycles. The van der Waals surface area contributed by atoms with Gasteiger partial charge in [-0.05, 0) is 42.5 Å². The quantitative estimate of drug-likeness (QED) is 0.621. The number of nitrogens with zero attached hydrogens (tertiary/aromatic N) is 1. The molecular formula is C17H15BrFNO2. The van der Waals surface area contributed by atoms with Gasteiger partial charge in [0.25, 0.3) is 0 Å². The van der Waals surface area contributed by atoms with Crippen molar-refractivity contribution in [3.8, 4) is 22.8 Å². The Kier molecular flexibility index (Phi) is 4.98. The summed E-state index contributed by atoms with van der Waals surface area (Å²) in [5, 5.41) is 19.5. The molecule has 0 aliphatic heterocycles. The molecule has 0 saturated heterocycles. The van der Waals surface area contributed by atoms with Crippen molar-refractivity contribution in [3.63, 3.8) is 0 Å². The van der Waals surface area contributed by atoms with Crippen molar-refractivity contribution in [2.75, 3.05) is 0 Å². The van der Waals surface area contributed by atoms with Crippen molar-refractivity contribution in [3.05, 3.63) is 52.8 Å². The standard InChI is InChI=1S/C15H9BrFNO2.C2H6/c16-11-7-14(8-1-4-15(20)12(17)5-8)18-13-3-2-9(19)6-10(11)13;1-2/h1-7,19-20H;1-2H3. The van der Waals surface area contributed by atoms with Gasteiger partial charge in [0.05, 0.1) is 11.2 Å². The lowest BCUT2D eigenvalue weighted by Crippen LogP contribution is -1.88. The Morgan fingerprint density at radius 1 is 1.00 bits per heavy atom. The molecule has 114 valence electrons. The first-order valence-corrected chi connectivity index (χ1v) is 7.62. The Bertz CT molecular complexity index is 821. The Morgan fingerprint density at radius 2 is 1.73 bits per heavy atom. The number of hydrogen-bond acceptors (Lipinski definition) is 3. The monoisotopic (exact) mass is 363 g/mol. The minimum Gasteiger partial charge on any atom is -0.508 e. The van der Waals surface area contributed by atoms with Gasteiger partial charge in [-0.25, -0.2) is 9.37 Å². The molecule has 3 aromatic rings. The highest BCUT2D eigenvalue weighted by Gasteiger charge is 2.09. The summed E-state index contributed by atoms with van der Waals surface area (Å²) in [6.45, 7) is 4.00. The third kappa shape index (κ3) is 3.20. The Morgan fingerprint density at radius 3 is 2.41 bits per heavy atom. The maximum atomic E-state index is 13.4. The third-order valence-corrected chi connectivity index (χ3v) is 3.64. The topological polar surface area (TPSA) is 53.4 Å². The van der Waals surface area contributed by atoms with Crippen LogP contribution in [0.1, 0.15) is 13.8 Å². The normalized spacial score (nSPS) is 10.2. The molecule has 0 bridgehead atoms. The second-order valence-electron chi connectivity index (χ2n) is 4.36. The van der Waals surface area contributed by atoms with Crippen LogP contribution in [0.4, 0.5) is 4.39 Å². The molecule has 0 radical (unpaired) electrons. The Labute approximate surface area is 136 Å². The fourth-order valence-electron chi connectivity index (χ4n) is 1.99. The van der Waals surface area contributed by atoms with Crippen LogP contribution in [-0.4, -0.2) is 15.2 Å². The van der Waals surface area contributed by atoms with E-state index < -0.39 is 11.6 Å². The zero-order valence-electron chi connectivity index (χ0n) is 12.1. The van der Waals surface area contributed by atoms with Crippen LogP contribution in [0.2, 0.25) is 0 Å². The van der Waals surface area contributed by atoms with Gasteiger partial charge in [-0.3, -0.25) is 0 Å². The Hall–Kier alpha value is -2.14. The summed E-state index contributed by atoms with van der Waals surface area (Å²) in [6, 6.07) is 10.7. The van der Waals surface area contributed by atoms with Gasteiger partial charge in [-0.2, -0.15) is 0 Å². The van der Waals surface area contributed by atoms with Gasteiger partial charge >= 0.3 is 0 Å². The molecule has 1 heterocycles. The lowest BCUT2D eigenvalue weighted by molar-refractivity contribution is 0.432. The van der Waals surface area contributed by atoms with Gasteiger partial charge in [0.2, 0.25) is 0 Å². The number of aromatic nitrogens is 1. The van der Waals surface area contributed by atoms with E-state index in [-0.39, 0.29) is 5.75 Å². The number of fused-ring (bicyclic) bond motifs is 1. The molecule has 0 unspecified atom stereocenters. The molecule has 22 heavy (non-hydrogen) atoms. The number of rotatable bonds is 1. The van der Waals surface area contributed by atoms with Crippen LogP contribution in [0.5, 0.6) is 11.5 Å². The molecule has 2 aromatic carbocycles. The predicted octanol–water partition coefficient (Wildman–Crippen LogP) is 5.24. The second-order valence-corrected chi connectivity index (χ2v) is 5.21. The van der Waals surface area contributed by atoms with Crippen LogP contribution in [0, 0.1) is 5.82 Å². The minimum absolute atomic E-state index is 0.156. The van der Waals surface area contributed by atoms with Crippen LogP contribution in [0.3, 0.4) is 0 Å². The molecule has 0 atom stereocenters. The van der Waals surface area contributed by atoms with E-state index in [1.54, 1.807) is 30.3 Å². The Balaban J connectivity index is 0.000000847. The van der Waals surface area contributed by atoms with Gasteiger partial charge < -0.3 is 10.2 Å². The van der Waals surface area contributed by atoms with Crippen molar-refractivity contribution < 1.29 is 14.6 Å². The molecule has 0 saturated carbocycles. The smallest absolute Gasteiger partial charge is 0.165 e. The van der Waals surface area contributed by atoms with E-state index >= 15 is 0 Å². The van der Waals surface area contributed by atoms with Crippen molar-refractivity contribution in [1.29, 1.82) is 0 Å². The lowest BCUT2D eigenvalue weighted by atomic mass is 10.1. The molecule has 0 fully saturated rings. The fraction of sp³-hybridized carbons (Fsp3) is 0.118. The summed E-state index contributed by atoms with van der Waals surface area (Å²) < 4.78 is 14.2. The minimum atomic E-state index is -0.689. The second kappa shape index (κ2) is 6.75. The average Bonchev–Trinajstić information content (AvgIpc) is 2.52. The first-order chi connectivity index (χ1) is 10.5. The summed E-state index contributed by atoms with van der Waals surface area (Å²) in [4.78, 5) is 4.43. The van der Waals surface area contributed by atoms with Crippen LogP contribution in [0.15, 0.2) is 46.9 Å². The van der Waals surface area contributed by atoms with E-state index in [1.807, 2.05) is 13.8 Å². The highest BCUT2D eigenvalue weighted by atomic mass is 79.9. The summed E-state index contributed by atoms with van der Waals surface area (Å²) in [6.07, 6.45) is 0. The van der Waals surface area contributed by atoms with Gasteiger partial charge in [0, 0.05) is 15.4 Å². The predicted molar refractivity (Wildman–Crippen MR) is 89.5 cm³/mol. The van der Waals surface area contributed by atoms with E-state index in [2.05, 4.69) is 20.9 Å². The van der Waals surface area contributed by atoms with Crippen LogP contribution < -0.4 is 0 Å². The van der Waals surface area contributed by atoms with E-state index in [0.29, 0.717) is 16.8 Å². The third-order valence-electron chi connectivity index (χ3n) is 2.99. The van der Waals surface area contributed by atoms with E-state index in [1.165, 1.54) is 12.1 Å². The summed E-state index contributed by atoms with van der Waals surface area (Å²) in [5.74, 6) is -0.923. The summed E-state index contributed by atoms with van der Waals surface area (Å²) >= 11 is 3.42. The number of benzene rings is 2. The lowest BCUT2D eigenvalue weighted by Gasteiger charge is -2.07. The maximum Gasteiger partial charge on any atom is 0.165 e. The van der Waals surface area contributed by atoms with Gasteiger partial charge in [0.1, 0.15) is 5.75 Å². The molecule has 0 amide bonds. The largest absolute Gasteiger partial charge is 0.508 e. The van der Waals surface area contributed by atoms with E-state index in [4.69, 9.17) is 0 Å². The number of aromatic hydroxyl groups is 2. The van der Waals surface area contributed by atoms with E-state index in [0.717, 1.165) is 9.86 Å². The average molecular weight is 364 g/mol. The van der Waals surface area contributed by atoms with Crippen molar-refractivity contribution in [2.24, 2.45) is 0 Å². The van der Waals surface area contributed by atoms with Crippen molar-refractivity contribution >= 4 is 26.8 Å². The van der Waals surface area contributed by atoms with Crippen molar-refractivity contribution in [1.82, 2.24) is 4.98 Å². The number of halogens is 2. The maximum absolute atomic E-state index is 13.4. The van der Waals surface area contributed by atoms with Gasteiger partial charge in [-0.15, -0.1) is 0 Å². The molecular weight excluding hydrogens is 349 g/mol. The van der Waals surface area contributed by atoms with Crippen molar-refractivity contribution in [2.45, 2.75) is 13.8 Å². The summed E-state index contributed by atoms with van der Waals surface area (Å²) in [7, 11) is 0. The number of pyridine rings is 1.